The van der Waals surface area contributed by atoms with Gasteiger partial charge in [-0.15, -0.1) is 0 Å². The standard InChI is InChI=1S/C8H8N4O2S/c9-8(13)11(15)12(14)5-10-6-3-1-2-4-7(6)12/h1-5,15H,(H2,9,13). The van der Waals surface area contributed by atoms with Gasteiger partial charge in [-0.25, -0.2) is 4.79 Å². The number of aliphatic imine (C=N–C) groups is 1. The molecule has 0 saturated heterocycles. The van der Waals surface area contributed by atoms with Crippen LogP contribution in [0, 0.1) is 5.21 Å². The number of rotatable bonds is 1. The normalized spacial score (nSPS) is 22.5. The zero-order valence-electron chi connectivity index (χ0n) is 7.57. The number of benzene rings is 1. The van der Waals surface area contributed by atoms with Crippen LogP contribution < -0.4 is 10.5 Å². The highest BCUT2D eigenvalue weighted by molar-refractivity contribution is 7.78. The number of quaternary nitrogens is 1. The Hall–Kier alpha value is -1.57. The average Bonchev–Trinajstić information content (AvgIpc) is 2.57. The van der Waals surface area contributed by atoms with Crippen LogP contribution >= 0.6 is 12.8 Å². The fourth-order valence-corrected chi connectivity index (χ4v) is 1.49. The first-order valence-electron chi connectivity index (χ1n) is 4.09. The van der Waals surface area contributed by atoms with Gasteiger partial charge in [0.2, 0.25) is 6.34 Å². The summed E-state index contributed by atoms with van der Waals surface area (Å²) in [6, 6.07) is 5.74. The van der Waals surface area contributed by atoms with E-state index in [-0.39, 0.29) is 0 Å². The van der Waals surface area contributed by atoms with Crippen LogP contribution in [0.3, 0.4) is 0 Å². The van der Waals surface area contributed by atoms with Gasteiger partial charge in [0.1, 0.15) is 5.69 Å². The number of para-hydroxylation sites is 2. The van der Waals surface area contributed by atoms with Crippen molar-refractivity contribution in [2.45, 2.75) is 0 Å². The summed E-state index contributed by atoms with van der Waals surface area (Å²) in [5, 5.41) is 12.2. The monoisotopic (exact) mass is 224 g/mol. The summed E-state index contributed by atoms with van der Waals surface area (Å²) in [4.78, 5) is 14.8. The molecule has 78 valence electrons. The van der Waals surface area contributed by atoms with E-state index in [2.05, 4.69) is 17.8 Å². The summed E-state index contributed by atoms with van der Waals surface area (Å²) in [5.74, 6) is 0. The maximum absolute atomic E-state index is 12.2. The first-order valence-corrected chi connectivity index (χ1v) is 4.49. The first kappa shape index (κ1) is 9.97. The second kappa shape index (κ2) is 3.23. The summed E-state index contributed by atoms with van der Waals surface area (Å²) in [7, 11) is 0. The molecule has 15 heavy (non-hydrogen) atoms. The van der Waals surface area contributed by atoms with Crippen molar-refractivity contribution < 1.29 is 4.79 Å². The number of nitrogens with two attached hydrogens (primary N) is 1. The maximum atomic E-state index is 12.2. The first-order chi connectivity index (χ1) is 7.05. The number of carbonyl (C=O) groups is 1. The fraction of sp³-hybridized carbons (Fsp3) is 0. The van der Waals surface area contributed by atoms with E-state index in [0.717, 1.165) is 6.34 Å². The third-order valence-electron chi connectivity index (χ3n) is 2.06. The third kappa shape index (κ3) is 1.37. The van der Waals surface area contributed by atoms with Crippen LogP contribution in [0.25, 0.3) is 0 Å². The Morgan fingerprint density at radius 3 is 2.87 bits per heavy atom. The summed E-state index contributed by atoms with van der Waals surface area (Å²) in [6.45, 7) is 0. The highest BCUT2D eigenvalue weighted by Crippen LogP contribution is 2.38. The van der Waals surface area contributed by atoms with Gasteiger partial charge in [-0.1, -0.05) is 16.5 Å². The minimum absolute atomic E-state index is 0.311. The average molecular weight is 224 g/mol. The van der Waals surface area contributed by atoms with Gasteiger partial charge in [-0.2, -0.15) is 9.75 Å². The fourth-order valence-electron chi connectivity index (χ4n) is 1.34. The SMILES string of the molecule is NC(=O)N(S)[N+]1([O-])C=Nc2ccccc21. The molecule has 2 rings (SSSR count). The lowest BCUT2D eigenvalue weighted by Crippen LogP contribution is -2.54. The predicted molar refractivity (Wildman–Crippen MR) is 60.2 cm³/mol. The molecule has 2 amide bonds. The minimum Gasteiger partial charge on any atom is -0.594 e. The van der Waals surface area contributed by atoms with Gasteiger partial charge in [0, 0.05) is 6.07 Å². The van der Waals surface area contributed by atoms with Gasteiger partial charge in [-0.3, -0.25) is 0 Å². The van der Waals surface area contributed by atoms with E-state index in [4.69, 9.17) is 5.73 Å². The van der Waals surface area contributed by atoms with Gasteiger partial charge in [0.25, 0.3) is 0 Å². The number of fused-ring (bicyclic) bond motifs is 1. The lowest BCUT2D eigenvalue weighted by atomic mass is 10.3. The van der Waals surface area contributed by atoms with Gasteiger partial charge in [-0.05, 0) is 18.9 Å². The number of carbonyl (C=O) groups excluding carboxylic acids is 1. The number of thiol groups is 1. The Kier molecular flexibility index (Phi) is 2.14. The summed E-state index contributed by atoms with van der Waals surface area (Å²) < 4.78 is -0.635. The number of hydrogen-bond acceptors (Lipinski definition) is 4. The van der Waals surface area contributed by atoms with Crippen molar-refractivity contribution in [2.24, 2.45) is 10.7 Å². The van der Waals surface area contributed by atoms with Crippen molar-refractivity contribution in [2.75, 3.05) is 0 Å². The van der Waals surface area contributed by atoms with Crippen LogP contribution in [0.1, 0.15) is 0 Å². The van der Waals surface area contributed by atoms with Gasteiger partial charge in [0.05, 0.1) is 0 Å². The summed E-state index contributed by atoms with van der Waals surface area (Å²) in [6.07, 6.45) is 1.06. The number of primary amides is 1. The Morgan fingerprint density at radius 2 is 2.20 bits per heavy atom. The van der Waals surface area contributed by atoms with Crippen LogP contribution in [-0.4, -0.2) is 16.8 Å². The second-order valence-corrected chi connectivity index (χ2v) is 3.36. The lowest BCUT2D eigenvalue weighted by Gasteiger charge is -2.37. The molecule has 1 aliphatic heterocycles. The number of hydroxylamine groups is 1. The van der Waals surface area contributed by atoms with Crippen molar-refractivity contribution in [3.63, 3.8) is 0 Å². The van der Waals surface area contributed by atoms with Crippen LogP contribution in [0.5, 0.6) is 0 Å². The molecule has 1 heterocycles. The molecular formula is C8H8N4O2S. The molecule has 0 aliphatic carbocycles. The molecule has 0 spiro atoms. The Balaban J connectivity index is 2.49. The Labute approximate surface area is 91.3 Å². The topological polar surface area (TPSA) is 81.8 Å². The molecule has 0 bridgehead atoms. The molecular weight excluding hydrogens is 216 g/mol. The molecule has 0 fully saturated rings. The molecule has 1 atom stereocenters. The van der Waals surface area contributed by atoms with Crippen LogP contribution in [-0.2, 0) is 0 Å². The van der Waals surface area contributed by atoms with Crippen molar-refractivity contribution in [1.82, 2.24) is 9.17 Å². The van der Waals surface area contributed by atoms with Crippen LogP contribution in [0.4, 0.5) is 16.2 Å². The summed E-state index contributed by atoms with van der Waals surface area (Å²) >= 11 is 3.76. The molecule has 1 unspecified atom stereocenters. The van der Waals surface area contributed by atoms with Crippen molar-refractivity contribution in [3.05, 3.63) is 29.5 Å². The molecule has 0 saturated carbocycles. The van der Waals surface area contributed by atoms with E-state index >= 15 is 0 Å². The number of nitrogens with zero attached hydrogens (tertiary/aromatic N) is 3. The van der Waals surface area contributed by atoms with Gasteiger partial charge in [0.15, 0.2) is 5.69 Å². The van der Waals surface area contributed by atoms with E-state index < -0.39 is 10.8 Å². The molecule has 1 aromatic carbocycles. The molecule has 1 aliphatic rings. The molecule has 0 radical (unpaired) electrons. The van der Waals surface area contributed by atoms with Crippen LogP contribution in [0.15, 0.2) is 29.3 Å². The highest BCUT2D eigenvalue weighted by Gasteiger charge is 2.35. The van der Waals surface area contributed by atoms with E-state index in [1.54, 1.807) is 24.3 Å². The maximum Gasteiger partial charge on any atom is 0.371 e. The summed E-state index contributed by atoms with van der Waals surface area (Å²) in [5.41, 5.74) is 5.81. The second-order valence-electron chi connectivity index (χ2n) is 2.98. The number of amides is 2. The minimum atomic E-state index is -1.20. The van der Waals surface area contributed by atoms with E-state index in [1.165, 1.54) is 0 Å². The molecule has 0 aromatic heterocycles. The van der Waals surface area contributed by atoms with Gasteiger partial charge >= 0.3 is 6.03 Å². The molecule has 7 heteroatoms. The van der Waals surface area contributed by atoms with Crippen molar-refractivity contribution >= 4 is 36.6 Å². The van der Waals surface area contributed by atoms with E-state index in [1.807, 2.05) is 0 Å². The lowest BCUT2D eigenvalue weighted by molar-refractivity contribution is 0.202. The van der Waals surface area contributed by atoms with E-state index in [0.29, 0.717) is 15.8 Å². The Bertz CT molecular complexity index is 450. The highest BCUT2D eigenvalue weighted by atomic mass is 32.1. The number of urea groups is 1. The van der Waals surface area contributed by atoms with Crippen LogP contribution in [0.2, 0.25) is 0 Å². The predicted octanol–water partition coefficient (Wildman–Crippen LogP) is 1.31. The van der Waals surface area contributed by atoms with Gasteiger partial charge < -0.3 is 10.9 Å². The number of hydrogen-bond donors (Lipinski definition) is 2. The van der Waals surface area contributed by atoms with Crippen molar-refractivity contribution in [3.8, 4) is 0 Å². The smallest absolute Gasteiger partial charge is 0.371 e. The Morgan fingerprint density at radius 1 is 1.53 bits per heavy atom. The molecule has 2 N–H and O–H groups in total. The third-order valence-corrected chi connectivity index (χ3v) is 2.52. The quantitative estimate of drug-likeness (QED) is 0.428. The molecule has 6 nitrogen and oxygen atoms in total. The van der Waals surface area contributed by atoms with Crippen molar-refractivity contribution in [1.29, 1.82) is 0 Å². The largest absolute Gasteiger partial charge is 0.594 e. The van der Waals surface area contributed by atoms with E-state index in [9.17, 15) is 10.0 Å². The zero-order valence-corrected chi connectivity index (χ0v) is 8.46. The zero-order chi connectivity index (χ0) is 11.1. The molecule has 1 aromatic rings.